The van der Waals surface area contributed by atoms with Crippen LogP contribution in [0.5, 0.6) is 0 Å². The average molecular weight is 281 g/mol. The van der Waals surface area contributed by atoms with Crippen molar-refractivity contribution in [3.63, 3.8) is 0 Å². The Morgan fingerprint density at radius 1 is 1.25 bits per heavy atom. The molecule has 112 valence electrons. The molecule has 2 rings (SSSR count). The summed E-state index contributed by atoms with van der Waals surface area (Å²) in [5, 5.41) is 12.2. The average Bonchev–Trinajstić information content (AvgIpc) is 2.37. The predicted octanol–water partition coefficient (Wildman–Crippen LogP) is 1.73. The van der Waals surface area contributed by atoms with Gasteiger partial charge in [-0.3, -0.25) is 9.59 Å². The van der Waals surface area contributed by atoms with Crippen molar-refractivity contribution in [3.05, 3.63) is 12.2 Å². The van der Waals surface area contributed by atoms with Crippen LogP contribution in [0.1, 0.15) is 39.5 Å². The van der Waals surface area contributed by atoms with Crippen molar-refractivity contribution in [2.45, 2.75) is 51.2 Å². The maximum absolute atomic E-state index is 12.3. The van der Waals surface area contributed by atoms with Gasteiger partial charge in [-0.05, 0) is 39.5 Å². The molecule has 0 bridgehead atoms. The lowest BCUT2D eigenvalue weighted by Gasteiger charge is -2.36. The van der Waals surface area contributed by atoms with Gasteiger partial charge in [-0.25, -0.2) is 0 Å². The molecule has 1 heterocycles. The molecule has 20 heavy (non-hydrogen) atoms. The number of aliphatic carboxylic acids is 1. The van der Waals surface area contributed by atoms with Crippen LogP contribution in [0.15, 0.2) is 12.2 Å². The first-order valence-corrected chi connectivity index (χ1v) is 7.21. The number of carboxylic acids is 1. The Morgan fingerprint density at radius 3 is 2.50 bits per heavy atom. The highest BCUT2D eigenvalue weighted by Crippen LogP contribution is 2.28. The number of hydrogen-bond donors (Lipinski definition) is 2. The van der Waals surface area contributed by atoms with E-state index in [9.17, 15) is 14.7 Å². The highest BCUT2D eigenvalue weighted by Gasteiger charge is 2.36. The Labute approximate surface area is 119 Å². The van der Waals surface area contributed by atoms with E-state index in [-0.39, 0.29) is 17.6 Å². The molecule has 5 nitrogen and oxygen atoms in total. The molecule has 1 fully saturated rings. The molecule has 1 aliphatic heterocycles. The van der Waals surface area contributed by atoms with Crippen molar-refractivity contribution in [1.82, 2.24) is 5.32 Å². The predicted molar refractivity (Wildman–Crippen MR) is 74.2 cm³/mol. The van der Waals surface area contributed by atoms with Gasteiger partial charge in [0.1, 0.15) is 0 Å². The molecule has 1 amide bonds. The van der Waals surface area contributed by atoms with Gasteiger partial charge >= 0.3 is 5.97 Å². The largest absolute Gasteiger partial charge is 0.481 e. The van der Waals surface area contributed by atoms with E-state index in [1.54, 1.807) is 0 Å². The van der Waals surface area contributed by atoms with Crippen LogP contribution < -0.4 is 5.32 Å². The van der Waals surface area contributed by atoms with E-state index in [2.05, 4.69) is 5.32 Å². The second-order valence-corrected chi connectivity index (χ2v) is 6.30. The van der Waals surface area contributed by atoms with E-state index >= 15 is 0 Å². The van der Waals surface area contributed by atoms with Gasteiger partial charge in [0.05, 0.1) is 17.4 Å². The summed E-state index contributed by atoms with van der Waals surface area (Å²) in [6, 6.07) is 0.0756. The molecule has 1 aliphatic carbocycles. The Kier molecular flexibility index (Phi) is 4.48. The molecular formula is C15H23NO4. The first kappa shape index (κ1) is 15.0. The number of amides is 1. The summed E-state index contributed by atoms with van der Waals surface area (Å²) in [4.78, 5) is 23.6. The van der Waals surface area contributed by atoms with Crippen molar-refractivity contribution in [3.8, 4) is 0 Å². The van der Waals surface area contributed by atoms with Gasteiger partial charge in [0.25, 0.3) is 0 Å². The van der Waals surface area contributed by atoms with E-state index in [0.717, 1.165) is 12.8 Å². The van der Waals surface area contributed by atoms with Gasteiger partial charge in [0.15, 0.2) is 0 Å². The number of rotatable bonds is 3. The van der Waals surface area contributed by atoms with Crippen molar-refractivity contribution in [1.29, 1.82) is 0 Å². The number of carbonyl (C=O) groups is 2. The lowest BCUT2D eigenvalue weighted by Crippen LogP contribution is -2.49. The van der Waals surface area contributed by atoms with Gasteiger partial charge in [-0.1, -0.05) is 12.2 Å². The Morgan fingerprint density at radius 2 is 1.90 bits per heavy atom. The van der Waals surface area contributed by atoms with Gasteiger partial charge in [-0.2, -0.15) is 0 Å². The monoisotopic (exact) mass is 281 g/mol. The minimum absolute atomic E-state index is 0.0756. The molecule has 0 aromatic carbocycles. The molecule has 2 aliphatic rings. The highest BCUT2D eigenvalue weighted by atomic mass is 16.5. The van der Waals surface area contributed by atoms with Crippen LogP contribution in [0.3, 0.4) is 0 Å². The fourth-order valence-corrected chi connectivity index (χ4v) is 3.04. The van der Waals surface area contributed by atoms with E-state index < -0.39 is 17.8 Å². The number of carbonyl (C=O) groups excluding carboxylic acids is 1. The Hall–Kier alpha value is -1.36. The second kappa shape index (κ2) is 5.95. The number of nitrogens with one attached hydrogen (secondary N) is 1. The maximum Gasteiger partial charge on any atom is 0.307 e. The summed E-state index contributed by atoms with van der Waals surface area (Å²) in [7, 11) is 0. The first-order valence-electron chi connectivity index (χ1n) is 7.21. The van der Waals surface area contributed by atoms with Crippen molar-refractivity contribution in [2.75, 3.05) is 6.61 Å². The van der Waals surface area contributed by atoms with Crippen LogP contribution in [0.2, 0.25) is 0 Å². The second-order valence-electron chi connectivity index (χ2n) is 6.30. The summed E-state index contributed by atoms with van der Waals surface area (Å²) in [5.74, 6) is -2.08. The number of carboxylic acid groups (broad SMARTS) is 1. The van der Waals surface area contributed by atoms with Crippen molar-refractivity contribution >= 4 is 11.9 Å². The molecule has 0 saturated carbocycles. The fourth-order valence-electron chi connectivity index (χ4n) is 3.04. The van der Waals surface area contributed by atoms with Crippen molar-refractivity contribution < 1.29 is 19.4 Å². The summed E-state index contributed by atoms with van der Waals surface area (Å²) < 4.78 is 5.63. The lowest BCUT2D eigenvalue weighted by molar-refractivity contribution is -0.148. The molecule has 1 unspecified atom stereocenters. The molecule has 5 heteroatoms. The van der Waals surface area contributed by atoms with Gasteiger partial charge in [-0.15, -0.1) is 0 Å². The first-order chi connectivity index (χ1) is 9.39. The van der Waals surface area contributed by atoms with Crippen LogP contribution >= 0.6 is 0 Å². The smallest absolute Gasteiger partial charge is 0.307 e. The molecule has 3 atom stereocenters. The summed E-state index contributed by atoms with van der Waals surface area (Å²) in [6.07, 6.45) is 6.24. The Bertz CT molecular complexity index is 416. The molecule has 2 N–H and O–H groups in total. The molecule has 0 radical (unpaired) electrons. The quantitative estimate of drug-likeness (QED) is 0.772. The maximum atomic E-state index is 12.3. The fraction of sp³-hybridized carbons (Fsp3) is 0.733. The zero-order chi connectivity index (χ0) is 14.8. The van der Waals surface area contributed by atoms with Crippen LogP contribution in [-0.4, -0.2) is 35.2 Å². The summed E-state index contributed by atoms with van der Waals surface area (Å²) >= 11 is 0. The summed E-state index contributed by atoms with van der Waals surface area (Å²) in [6.45, 7) is 4.65. The van der Waals surface area contributed by atoms with Gasteiger partial charge < -0.3 is 15.2 Å². The number of ether oxygens (including phenoxy) is 1. The van der Waals surface area contributed by atoms with Crippen LogP contribution in [0.25, 0.3) is 0 Å². The van der Waals surface area contributed by atoms with Gasteiger partial charge in [0.2, 0.25) is 5.91 Å². The minimum Gasteiger partial charge on any atom is -0.481 e. The number of hydrogen-bond acceptors (Lipinski definition) is 3. The molecular weight excluding hydrogens is 258 g/mol. The minimum atomic E-state index is -0.887. The highest BCUT2D eigenvalue weighted by molar-refractivity contribution is 5.85. The normalized spacial score (nSPS) is 32.6. The Balaban J connectivity index is 1.97. The van der Waals surface area contributed by atoms with Crippen LogP contribution in [-0.2, 0) is 14.3 Å². The third kappa shape index (κ3) is 3.60. The molecule has 0 aromatic heterocycles. The topological polar surface area (TPSA) is 75.6 Å². The zero-order valence-electron chi connectivity index (χ0n) is 12.1. The third-order valence-corrected chi connectivity index (χ3v) is 4.13. The summed E-state index contributed by atoms with van der Waals surface area (Å²) in [5.41, 5.74) is -0.227. The standard InChI is InChI=1S/C15H23NO4/c1-15(2)9-10(7-8-20-15)16-13(17)11-5-3-4-6-12(11)14(18)19/h3-4,10-12H,5-9H2,1-2H3,(H,16,17)(H,18,19)/t10?,11-,12+/m1/s1. The lowest BCUT2D eigenvalue weighted by atomic mass is 9.82. The molecule has 1 saturated heterocycles. The van der Waals surface area contributed by atoms with Crippen molar-refractivity contribution in [2.24, 2.45) is 11.8 Å². The third-order valence-electron chi connectivity index (χ3n) is 4.13. The van der Waals surface area contributed by atoms with E-state index in [4.69, 9.17) is 4.74 Å². The van der Waals surface area contributed by atoms with Crippen LogP contribution in [0.4, 0.5) is 0 Å². The molecule has 0 spiro atoms. The van der Waals surface area contributed by atoms with Crippen LogP contribution in [0, 0.1) is 11.8 Å². The van der Waals surface area contributed by atoms with E-state index in [0.29, 0.717) is 19.4 Å². The molecule has 0 aromatic rings. The van der Waals surface area contributed by atoms with E-state index in [1.807, 2.05) is 26.0 Å². The number of allylic oxidation sites excluding steroid dienone is 2. The van der Waals surface area contributed by atoms with Gasteiger partial charge in [0, 0.05) is 12.6 Å². The zero-order valence-corrected chi connectivity index (χ0v) is 12.1. The van der Waals surface area contributed by atoms with E-state index in [1.165, 1.54) is 0 Å². The SMILES string of the molecule is CC1(C)CC(NC(=O)[C@@H]2CC=CC[C@@H]2C(=O)O)CCO1.